The molecule has 1 aromatic heterocycles. The zero-order valence-electron chi connectivity index (χ0n) is 10.6. The van der Waals surface area contributed by atoms with Crippen LogP contribution >= 0.6 is 0 Å². The van der Waals surface area contributed by atoms with Crippen LogP contribution < -0.4 is 0 Å². The van der Waals surface area contributed by atoms with E-state index in [2.05, 4.69) is 4.99 Å². The van der Waals surface area contributed by atoms with Gasteiger partial charge in [0.2, 0.25) is 0 Å². The van der Waals surface area contributed by atoms with Crippen molar-refractivity contribution in [1.82, 2.24) is 0 Å². The lowest BCUT2D eigenvalue weighted by molar-refractivity contribution is -0.402. The number of non-ortho nitro benzene ring substituents is 1. The second kappa shape index (κ2) is 5.78. The summed E-state index contributed by atoms with van der Waals surface area (Å²) in [5, 5.41) is 31.9. The van der Waals surface area contributed by atoms with Crippen molar-refractivity contribution in [2.24, 2.45) is 4.99 Å². The Morgan fingerprint density at radius 2 is 1.68 bits per heavy atom. The summed E-state index contributed by atoms with van der Waals surface area (Å²) in [6.45, 7) is 0. The molecule has 0 saturated carbocycles. The van der Waals surface area contributed by atoms with Gasteiger partial charge in [-0.25, -0.2) is 4.99 Å². The Morgan fingerprint density at radius 3 is 2.23 bits per heavy atom. The van der Waals surface area contributed by atoms with E-state index in [1.54, 1.807) is 0 Å². The summed E-state index contributed by atoms with van der Waals surface area (Å²) in [4.78, 5) is 33.4. The smallest absolute Gasteiger partial charge is 0.400 e. The first-order valence-electron chi connectivity index (χ1n) is 5.59. The summed E-state index contributed by atoms with van der Waals surface area (Å²) < 4.78 is 4.80. The number of nitrogens with zero attached hydrogens (tertiary/aromatic N) is 4. The van der Waals surface area contributed by atoms with Gasteiger partial charge in [0.15, 0.2) is 5.76 Å². The number of hydrogen-bond donors (Lipinski definition) is 0. The molecular formula is C11H6N4O7. The fourth-order valence-corrected chi connectivity index (χ4v) is 1.52. The lowest BCUT2D eigenvalue weighted by atomic mass is 10.2. The molecule has 0 aliphatic carbocycles. The molecule has 0 aliphatic rings. The van der Waals surface area contributed by atoms with Crippen LogP contribution in [0.5, 0.6) is 0 Å². The third-order valence-corrected chi connectivity index (χ3v) is 2.49. The number of nitro groups is 3. The average Bonchev–Trinajstić information content (AvgIpc) is 2.93. The Kier molecular flexibility index (Phi) is 3.88. The van der Waals surface area contributed by atoms with E-state index in [1.165, 1.54) is 6.07 Å². The van der Waals surface area contributed by atoms with Crippen molar-refractivity contribution in [1.29, 1.82) is 0 Å². The largest absolute Gasteiger partial charge is 0.433 e. The van der Waals surface area contributed by atoms with Crippen LogP contribution in [0, 0.1) is 30.3 Å². The molecule has 0 radical (unpaired) electrons. The number of aliphatic imine (C=N–C) groups is 1. The SMILES string of the molecule is O=[N+]([O-])c1ccc(N=Cc2ccc([N+](=O)[O-])o2)c([N+](=O)[O-])c1. The van der Waals surface area contributed by atoms with Gasteiger partial charge in [0.05, 0.1) is 28.2 Å². The molecule has 11 nitrogen and oxygen atoms in total. The van der Waals surface area contributed by atoms with Crippen molar-refractivity contribution in [3.63, 3.8) is 0 Å². The van der Waals surface area contributed by atoms with Crippen molar-refractivity contribution in [2.75, 3.05) is 0 Å². The second-order valence-electron chi connectivity index (χ2n) is 3.88. The zero-order chi connectivity index (χ0) is 16.3. The zero-order valence-corrected chi connectivity index (χ0v) is 10.6. The van der Waals surface area contributed by atoms with Crippen molar-refractivity contribution < 1.29 is 19.2 Å². The van der Waals surface area contributed by atoms with Crippen LogP contribution in [0.15, 0.2) is 39.7 Å². The summed E-state index contributed by atoms with van der Waals surface area (Å²) in [5.74, 6) is -0.487. The van der Waals surface area contributed by atoms with E-state index in [1.807, 2.05) is 0 Å². The maximum Gasteiger partial charge on any atom is 0.433 e. The molecule has 1 heterocycles. The first-order chi connectivity index (χ1) is 10.4. The van der Waals surface area contributed by atoms with Crippen LogP contribution in [0.1, 0.15) is 5.76 Å². The van der Waals surface area contributed by atoms with E-state index >= 15 is 0 Å². The van der Waals surface area contributed by atoms with Crippen LogP contribution in [0.3, 0.4) is 0 Å². The van der Waals surface area contributed by atoms with E-state index < -0.39 is 32.0 Å². The standard InChI is InChI=1S/C11H6N4O7/c16-13(17)7-1-3-9(10(5-7)14(18)19)12-6-8-2-4-11(22-8)15(20)21/h1-6H. The molecule has 2 aromatic rings. The van der Waals surface area contributed by atoms with Gasteiger partial charge in [-0.1, -0.05) is 0 Å². The van der Waals surface area contributed by atoms with Gasteiger partial charge in [0.25, 0.3) is 5.69 Å². The minimum atomic E-state index is -0.815. The molecule has 1 aromatic carbocycles. The Bertz CT molecular complexity index is 795. The Hall–Kier alpha value is -3.63. The number of hydrogen-bond acceptors (Lipinski definition) is 8. The van der Waals surface area contributed by atoms with Gasteiger partial charge >= 0.3 is 11.6 Å². The van der Waals surface area contributed by atoms with E-state index in [9.17, 15) is 30.3 Å². The normalized spacial score (nSPS) is 10.7. The van der Waals surface area contributed by atoms with Crippen molar-refractivity contribution in [3.8, 4) is 0 Å². The summed E-state index contributed by atoms with van der Waals surface area (Å²) >= 11 is 0. The fourth-order valence-electron chi connectivity index (χ4n) is 1.52. The van der Waals surface area contributed by atoms with Crippen molar-refractivity contribution >= 4 is 29.2 Å². The Labute approximate surface area is 121 Å². The molecule has 11 heteroatoms. The highest BCUT2D eigenvalue weighted by Gasteiger charge is 2.19. The van der Waals surface area contributed by atoms with Gasteiger partial charge in [-0.2, -0.15) is 0 Å². The first kappa shape index (κ1) is 14.8. The molecule has 0 unspecified atom stereocenters. The fraction of sp³-hybridized carbons (Fsp3) is 0. The van der Waals surface area contributed by atoms with Gasteiger partial charge in [0, 0.05) is 6.07 Å². The van der Waals surface area contributed by atoms with Crippen LogP contribution in [0.25, 0.3) is 0 Å². The molecule has 0 fully saturated rings. The van der Waals surface area contributed by atoms with Gasteiger partial charge in [-0.3, -0.25) is 30.3 Å². The average molecular weight is 306 g/mol. The maximum absolute atomic E-state index is 10.9. The Balaban J connectivity index is 2.35. The summed E-state index contributed by atoms with van der Waals surface area (Å²) in [7, 11) is 0. The molecule has 2 rings (SSSR count). The third-order valence-electron chi connectivity index (χ3n) is 2.49. The van der Waals surface area contributed by atoms with Crippen molar-refractivity contribution in [3.05, 3.63) is 66.4 Å². The maximum atomic E-state index is 10.9. The van der Waals surface area contributed by atoms with E-state index in [0.29, 0.717) is 0 Å². The number of nitro benzene ring substituents is 2. The molecule has 0 N–H and O–H groups in total. The van der Waals surface area contributed by atoms with Crippen LogP contribution in [-0.4, -0.2) is 21.0 Å². The highest BCUT2D eigenvalue weighted by molar-refractivity contribution is 5.81. The Morgan fingerprint density at radius 1 is 0.955 bits per heavy atom. The minimum absolute atomic E-state index is 0.0133. The predicted octanol–water partition coefficient (Wildman–Crippen LogP) is 2.75. The van der Waals surface area contributed by atoms with Crippen LogP contribution in [0.4, 0.5) is 22.9 Å². The lowest BCUT2D eigenvalue weighted by Crippen LogP contribution is -1.93. The van der Waals surface area contributed by atoms with E-state index in [0.717, 1.165) is 30.5 Å². The molecule has 0 atom stereocenters. The summed E-state index contributed by atoms with van der Waals surface area (Å²) in [6.07, 6.45) is 1.04. The number of benzene rings is 1. The van der Waals surface area contributed by atoms with Gasteiger partial charge in [-0.05, 0) is 12.1 Å². The first-order valence-corrected chi connectivity index (χ1v) is 5.59. The molecule has 0 saturated heterocycles. The topological polar surface area (TPSA) is 155 Å². The highest BCUT2D eigenvalue weighted by atomic mass is 16.7. The summed E-state index contributed by atoms with van der Waals surface area (Å²) in [5.41, 5.74) is -1.15. The molecule has 0 amide bonds. The second-order valence-corrected chi connectivity index (χ2v) is 3.88. The third kappa shape index (κ3) is 3.09. The van der Waals surface area contributed by atoms with Crippen molar-refractivity contribution in [2.45, 2.75) is 0 Å². The molecule has 0 spiro atoms. The van der Waals surface area contributed by atoms with Gasteiger partial charge in [-0.15, -0.1) is 0 Å². The number of furan rings is 1. The monoisotopic (exact) mass is 306 g/mol. The van der Waals surface area contributed by atoms with E-state index in [4.69, 9.17) is 4.42 Å². The molecule has 0 bridgehead atoms. The van der Waals surface area contributed by atoms with E-state index in [-0.39, 0.29) is 11.4 Å². The molecular weight excluding hydrogens is 300 g/mol. The summed E-state index contributed by atoms with van der Waals surface area (Å²) in [6, 6.07) is 5.30. The van der Waals surface area contributed by atoms with Crippen LogP contribution in [-0.2, 0) is 0 Å². The lowest BCUT2D eigenvalue weighted by Gasteiger charge is -1.97. The molecule has 0 aliphatic heterocycles. The van der Waals surface area contributed by atoms with Gasteiger partial charge < -0.3 is 4.42 Å². The molecule has 112 valence electrons. The molecule has 22 heavy (non-hydrogen) atoms. The van der Waals surface area contributed by atoms with Crippen LogP contribution in [0.2, 0.25) is 0 Å². The predicted molar refractivity (Wildman–Crippen MR) is 72.4 cm³/mol. The highest BCUT2D eigenvalue weighted by Crippen LogP contribution is 2.31. The van der Waals surface area contributed by atoms with Gasteiger partial charge in [0.1, 0.15) is 10.6 Å². The quantitative estimate of drug-likeness (QED) is 0.467. The minimum Gasteiger partial charge on any atom is -0.400 e. The number of rotatable bonds is 5.